The van der Waals surface area contributed by atoms with Crippen LogP contribution in [0.2, 0.25) is 0 Å². The van der Waals surface area contributed by atoms with Crippen molar-refractivity contribution < 1.29 is 9.47 Å². The smallest absolute Gasteiger partial charge is 0.252 e. The summed E-state index contributed by atoms with van der Waals surface area (Å²) in [7, 11) is 3.21. The van der Waals surface area contributed by atoms with Crippen LogP contribution < -0.4 is 20.3 Å². The fourth-order valence-corrected chi connectivity index (χ4v) is 2.08. The molecule has 1 aromatic heterocycles. The molecule has 5 nitrogen and oxygen atoms in total. The Labute approximate surface area is 123 Å². The van der Waals surface area contributed by atoms with Crippen LogP contribution in [0.3, 0.4) is 0 Å². The van der Waals surface area contributed by atoms with Crippen LogP contribution in [0.1, 0.15) is 12.5 Å². The minimum absolute atomic E-state index is 0.0988. The molecule has 0 saturated carbocycles. The van der Waals surface area contributed by atoms with Gasteiger partial charge in [0.05, 0.1) is 19.9 Å². The van der Waals surface area contributed by atoms with Crippen molar-refractivity contribution >= 4 is 0 Å². The molecule has 0 aliphatic heterocycles. The molecular weight excluding hydrogens is 268 g/mol. The molecule has 0 saturated heterocycles. The van der Waals surface area contributed by atoms with Gasteiger partial charge in [-0.3, -0.25) is 4.79 Å². The van der Waals surface area contributed by atoms with Crippen LogP contribution in [-0.4, -0.2) is 25.7 Å². The number of nitrogens with one attached hydrogen (secondary N) is 2. The van der Waals surface area contributed by atoms with Gasteiger partial charge in [-0.2, -0.15) is 0 Å². The summed E-state index contributed by atoms with van der Waals surface area (Å²) < 4.78 is 10.6. The van der Waals surface area contributed by atoms with Gasteiger partial charge in [0.2, 0.25) is 0 Å². The van der Waals surface area contributed by atoms with Crippen LogP contribution in [0.15, 0.2) is 35.1 Å². The molecule has 0 aliphatic rings. The van der Waals surface area contributed by atoms with Gasteiger partial charge in [0.1, 0.15) is 11.5 Å². The fraction of sp³-hybridized carbons (Fsp3) is 0.312. The second-order valence-electron chi connectivity index (χ2n) is 4.57. The van der Waals surface area contributed by atoms with E-state index in [1.807, 2.05) is 37.3 Å². The Morgan fingerprint density at radius 1 is 1.14 bits per heavy atom. The minimum Gasteiger partial charge on any atom is -0.497 e. The molecule has 2 N–H and O–H groups in total. The molecule has 0 unspecified atom stereocenters. The largest absolute Gasteiger partial charge is 0.497 e. The van der Waals surface area contributed by atoms with Gasteiger partial charge < -0.3 is 19.8 Å². The molecule has 1 heterocycles. The Hall–Kier alpha value is -2.27. The van der Waals surface area contributed by atoms with E-state index in [0.29, 0.717) is 29.3 Å². The van der Waals surface area contributed by atoms with E-state index >= 15 is 0 Å². The first-order valence-corrected chi connectivity index (χ1v) is 6.85. The molecule has 0 aliphatic carbocycles. The summed E-state index contributed by atoms with van der Waals surface area (Å²) in [5.74, 6) is 1.40. The highest BCUT2D eigenvalue weighted by atomic mass is 16.5. The van der Waals surface area contributed by atoms with Crippen LogP contribution in [0.4, 0.5) is 0 Å². The van der Waals surface area contributed by atoms with E-state index in [-0.39, 0.29) is 5.56 Å². The molecule has 0 bridgehead atoms. The lowest BCUT2D eigenvalue weighted by atomic mass is 10.1. The van der Waals surface area contributed by atoms with Crippen molar-refractivity contribution in [3.05, 3.63) is 46.2 Å². The Morgan fingerprint density at radius 3 is 2.57 bits per heavy atom. The SMILES string of the molecule is CCNCc1ccc(-c2cc(OC)ccc2OC)[nH]c1=O. The van der Waals surface area contributed by atoms with Gasteiger partial charge in [-0.1, -0.05) is 13.0 Å². The number of methoxy groups -OCH3 is 2. The average molecular weight is 288 g/mol. The number of rotatable bonds is 6. The third-order valence-corrected chi connectivity index (χ3v) is 3.25. The molecule has 5 heteroatoms. The van der Waals surface area contributed by atoms with Gasteiger partial charge in [0.25, 0.3) is 5.56 Å². The molecule has 0 radical (unpaired) electrons. The molecule has 2 aromatic rings. The summed E-state index contributed by atoms with van der Waals surface area (Å²) in [6.07, 6.45) is 0. The monoisotopic (exact) mass is 288 g/mol. The van der Waals surface area contributed by atoms with Crippen molar-refractivity contribution in [3.63, 3.8) is 0 Å². The Bertz CT molecular complexity index is 665. The van der Waals surface area contributed by atoms with Crippen LogP contribution in [0, 0.1) is 0 Å². The van der Waals surface area contributed by atoms with Gasteiger partial charge in [-0.15, -0.1) is 0 Å². The van der Waals surface area contributed by atoms with Gasteiger partial charge in [-0.25, -0.2) is 0 Å². The number of aromatic nitrogens is 1. The Kier molecular flexibility index (Phi) is 5.00. The lowest BCUT2D eigenvalue weighted by Gasteiger charge is -2.11. The number of H-pyrrole nitrogens is 1. The summed E-state index contributed by atoms with van der Waals surface area (Å²) in [5, 5.41) is 3.14. The van der Waals surface area contributed by atoms with E-state index in [1.54, 1.807) is 14.2 Å². The maximum atomic E-state index is 12.1. The molecule has 21 heavy (non-hydrogen) atoms. The van der Waals surface area contributed by atoms with Crippen molar-refractivity contribution in [3.8, 4) is 22.8 Å². The van der Waals surface area contributed by atoms with E-state index in [0.717, 1.165) is 12.1 Å². The molecule has 0 atom stereocenters. The highest BCUT2D eigenvalue weighted by Gasteiger charge is 2.10. The summed E-state index contributed by atoms with van der Waals surface area (Å²) in [6.45, 7) is 3.38. The highest BCUT2D eigenvalue weighted by molar-refractivity contribution is 5.69. The fourth-order valence-electron chi connectivity index (χ4n) is 2.08. The number of hydrogen-bond donors (Lipinski definition) is 2. The zero-order valence-electron chi connectivity index (χ0n) is 12.5. The van der Waals surface area contributed by atoms with Crippen LogP contribution in [-0.2, 0) is 6.54 Å². The van der Waals surface area contributed by atoms with Gasteiger partial charge in [0, 0.05) is 17.7 Å². The van der Waals surface area contributed by atoms with Gasteiger partial charge >= 0.3 is 0 Å². The maximum absolute atomic E-state index is 12.1. The van der Waals surface area contributed by atoms with Crippen molar-refractivity contribution in [2.24, 2.45) is 0 Å². The summed E-state index contributed by atoms with van der Waals surface area (Å²) in [4.78, 5) is 15.0. The second-order valence-corrected chi connectivity index (χ2v) is 4.57. The maximum Gasteiger partial charge on any atom is 0.252 e. The normalized spacial score (nSPS) is 10.4. The number of pyridine rings is 1. The Balaban J connectivity index is 2.42. The molecule has 1 aromatic carbocycles. The molecular formula is C16H20N2O3. The van der Waals surface area contributed by atoms with E-state index < -0.39 is 0 Å². The molecule has 2 rings (SSSR count). The standard InChI is InChI=1S/C16H20N2O3/c1-4-17-10-11-5-7-14(18-16(11)19)13-9-12(20-2)6-8-15(13)21-3/h5-9,17H,4,10H2,1-3H3,(H,18,19). The van der Waals surface area contributed by atoms with Crippen molar-refractivity contribution in [2.75, 3.05) is 20.8 Å². The molecule has 0 fully saturated rings. The summed E-state index contributed by atoms with van der Waals surface area (Å²) >= 11 is 0. The van der Waals surface area contributed by atoms with Gasteiger partial charge in [0.15, 0.2) is 0 Å². The predicted octanol–water partition coefficient (Wildman–Crippen LogP) is 2.17. The lowest BCUT2D eigenvalue weighted by Crippen LogP contribution is -2.20. The van der Waals surface area contributed by atoms with E-state index in [2.05, 4.69) is 10.3 Å². The average Bonchev–Trinajstić information content (AvgIpc) is 2.53. The molecule has 112 valence electrons. The number of hydrogen-bond acceptors (Lipinski definition) is 4. The van der Waals surface area contributed by atoms with Crippen LogP contribution in [0.25, 0.3) is 11.3 Å². The lowest BCUT2D eigenvalue weighted by molar-refractivity contribution is 0.404. The Morgan fingerprint density at radius 2 is 1.95 bits per heavy atom. The number of ether oxygens (including phenoxy) is 2. The highest BCUT2D eigenvalue weighted by Crippen LogP contribution is 2.31. The quantitative estimate of drug-likeness (QED) is 0.855. The van der Waals surface area contributed by atoms with Crippen molar-refractivity contribution in [2.45, 2.75) is 13.5 Å². The number of aromatic amines is 1. The summed E-state index contributed by atoms with van der Waals surface area (Å²) in [5.41, 5.74) is 2.11. The topological polar surface area (TPSA) is 63.4 Å². The zero-order valence-corrected chi connectivity index (χ0v) is 12.5. The van der Waals surface area contributed by atoms with E-state index in [4.69, 9.17) is 9.47 Å². The van der Waals surface area contributed by atoms with Crippen LogP contribution >= 0.6 is 0 Å². The first kappa shape index (κ1) is 15.1. The van der Waals surface area contributed by atoms with Crippen molar-refractivity contribution in [1.29, 1.82) is 0 Å². The predicted molar refractivity (Wildman–Crippen MR) is 83.0 cm³/mol. The van der Waals surface area contributed by atoms with Crippen LogP contribution in [0.5, 0.6) is 11.5 Å². The second kappa shape index (κ2) is 6.95. The minimum atomic E-state index is -0.0988. The third-order valence-electron chi connectivity index (χ3n) is 3.25. The van der Waals surface area contributed by atoms with Crippen molar-refractivity contribution in [1.82, 2.24) is 10.3 Å². The van der Waals surface area contributed by atoms with Gasteiger partial charge in [-0.05, 0) is 30.8 Å². The molecule has 0 spiro atoms. The van der Waals surface area contributed by atoms with E-state index in [9.17, 15) is 4.79 Å². The summed E-state index contributed by atoms with van der Waals surface area (Å²) in [6, 6.07) is 9.19. The van der Waals surface area contributed by atoms with E-state index in [1.165, 1.54) is 0 Å². The third kappa shape index (κ3) is 3.44. The number of benzene rings is 1. The first-order valence-electron chi connectivity index (χ1n) is 6.85. The molecule has 0 amide bonds. The first-order chi connectivity index (χ1) is 10.2. The zero-order chi connectivity index (χ0) is 15.2.